The van der Waals surface area contributed by atoms with Gasteiger partial charge in [0.2, 0.25) is 0 Å². The Morgan fingerprint density at radius 1 is 1.40 bits per heavy atom. The van der Waals surface area contributed by atoms with E-state index in [0.29, 0.717) is 11.6 Å². The molecule has 0 aromatic heterocycles. The first-order valence-corrected chi connectivity index (χ1v) is 4.97. The fraction of sp³-hybridized carbons (Fsp3) is 0.364. The Labute approximate surface area is 93.9 Å². The Hall–Kier alpha value is -1.08. The number of ether oxygens (including phenoxy) is 1. The molecule has 3 nitrogen and oxygen atoms in total. The summed E-state index contributed by atoms with van der Waals surface area (Å²) in [6.07, 6.45) is -0.608. The number of nitrogens with zero attached hydrogens (tertiary/aromatic N) is 1. The molecular weight excluding hydrogens is 214 g/mol. The van der Waals surface area contributed by atoms with Gasteiger partial charge in [-0.2, -0.15) is 5.26 Å². The summed E-state index contributed by atoms with van der Waals surface area (Å²) in [7, 11) is 0. The van der Waals surface area contributed by atoms with Crippen molar-refractivity contribution in [1.29, 1.82) is 5.26 Å². The minimum absolute atomic E-state index is 0.0978. The lowest BCUT2D eigenvalue weighted by Gasteiger charge is -2.07. The molecular formula is C11H12ClNO2. The van der Waals surface area contributed by atoms with E-state index in [1.54, 1.807) is 12.1 Å². The number of nitriles is 1. The van der Waals surface area contributed by atoms with E-state index in [4.69, 9.17) is 21.6 Å². The highest BCUT2D eigenvalue weighted by Gasteiger charge is 2.02. The maximum atomic E-state index is 9.20. The van der Waals surface area contributed by atoms with Gasteiger partial charge in [-0.1, -0.05) is 23.7 Å². The van der Waals surface area contributed by atoms with Gasteiger partial charge < -0.3 is 9.84 Å². The Bertz CT molecular complexity index is 331. The van der Waals surface area contributed by atoms with Crippen LogP contribution < -0.4 is 0 Å². The molecule has 0 heterocycles. The molecule has 0 spiro atoms. The van der Waals surface area contributed by atoms with Crippen LogP contribution in [0.15, 0.2) is 24.3 Å². The van der Waals surface area contributed by atoms with Crippen molar-refractivity contribution in [2.45, 2.75) is 19.1 Å². The minimum atomic E-state index is -0.706. The van der Waals surface area contributed by atoms with Crippen LogP contribution in [0.4, 0.5) is 0 Å². The molecule has 1 N–H and O–H groups in total. The quantitative estimate of drug-likeness (QED) is 0.835. The number of benzene rings is 1. The van der Waals surface area contributed by atoms with Crippen LogP contribution in [0.1, 0.15) is 12.0 Å². The van der Waals surface area contributed by atoms with Gasteiger partial charge in [0.05, 0.1) is 31.8 Å². The third-order valence-corrected chi connectivity index (χ3v) is 2.07. The maximum absolute atomic E-state index is 9.20. The first-order chi connectivity index (χ1) is 7.22. The molecule has 0 aliphatic rings. The highest BCUT2D eigenvalue weighted by molar-refractivity contribution is 6.30. The second kappa shape index (κ2) is 6.41. The molecule has 0 saturated carbocycles. The Morgan fingerprint density at radius 3 is 2.67 bits per heavy atom. The molecule has 0 fully saturated rings. The minimum Gasteiger partial charge on any atom is -0.390 e. The summed E-state index contributed by atoms with van der Waals surface area (Å²) in [4.78, 5) is 0. The smallest absolute Gasteiger partial charge is 0.0903 e. The predicted molar refractivity (Wildman–Crippen MR) is 57.3 cm³/mol. The highest BCUT2D eigenvalue weighted by atomic mass is 35.5. The number of rotatable bonds is 5. The Balaban J connectivity index is 2.26. The van der Waals surface area contributed by atoms with E-state index in [0.717, 1.165) is 5.56 Å². The van der Waals surface area contributed by atoms with Crippen molar-refractivity contribution in [3.8, 4) is 6.07 Å². The van der Waals surface area contributed by atoms with Crippen LogP contribution >= 0.6 is 11.6 Å². The largest absolute Gasteiger partial charge is 0.390 e. The topological polar surface area (TPSA) is 53.2 Å². The maximum Gasteiger partial charge on any atom is 0.0903 e. The van der Waals surface area contributed by atoms with E-state index in [9.17, 15) is 5.11 Å². The van der Waals surface area contributed by atoms with Crippen LogP contribution in [0.3, 0.4) is 0 Å². The van der Waals surface area contributed by atoms with Crippen LogP contribution in [0.5, 0.6) is 0 Å². The van der Waals surface area contributed by atoms with Gasteiger partial charge in [-0.05, 0) is 17.7 Å². The molecule has 1 rings (SSSR count). The zero-order valence-electron chi connectivity index (χ0n) is 8.19. The van der Waals surface area contributed by atoms with Crippen LogP contribution in [-0.4, -0.2) is 17.8 Å². The van der Waals surface area contributed by atoms with Crippen LogP contribution in [0.2, 0.25) is 5.02 Å². The van der Waals surface area contributed by atoms with E-state index < -0.39 is 6.10 Å². The molecule has 1 aromatic rings. The monoisotopic (exact) mass is 225 g/mol. The standard InChI is InChI=1S/C11H12ClNO2/c12-10-3-1-9(2-4-10)7-15-8-11(14)5-6-13/h1-4,11,14H,5,7-8H2/t11-/m1/s1. The van der Waals surface area contributed by atoms with Crippen molar-refractivity contribution >= 4 is 11.6 Å². The lowest BCUT2D eigenvalue weighted by atomic mass is 10.2. The average molecular weight is 226 g/mol. The summed E-state index contributed by atoms with van der Waals surface area (Å²) in [5.41, 5.74) is 0.989. The van der Waals surface area contributed by atoms with Gasteiger partial charge in [0.25, 0.3) is 0 Å². The third kappa shape index (κ3) is 4.80. The van der Waals surface area contributed by atoms with Crippen molar-refractivity contribution in [2.75, 3.05) is 6.61 Å². The summed E-state index contributed by atoms with van der Waals surface area (Å²) in [5.74, 6) is 0. The normalized spacial score (nSPS) is 12.1. The number of hydrogen-bond acceptors (Lipinski definition) is 3. The van der Waals surface area contributed by atoms with E-state index >= 15 is 0 Å². The fourth-order valence-corrected chi connectivity index (χ4v) is 1.18. The Morgan fingerprint density at radius 2 is 2.07 bits per heavy atom. The lowest BCUT2D eigenvalue weighted by Crippen LogP contribution is -2.14. The fourth-order valence-electron chi connectivity index (χ4n) is 1.06. The Kier molecular flexibility index (Phi) is 5.13. The van der Waals surface area contributed by atoms with Gasteiger partial charge in [-0.3, -0.25) is 0 Å². The molecule has 1 atom stereocenters. The summed E-state index contributed by atoms with van der Waals surface area (Å²) in [5, 5.41) is 18.2. The molecule has 0 aliphatic carbocycles. The van der Waals surface area contributed by atoms with Gasteiger partial charge in [-0.15, -0.1) is 0 Å². The molecule has 0 amide bonds. The highest BCUT2D eigenvalue weighted by Crippen LogP contribution is 2.10. The summed E-state index contributed by atoms with van der Waals surface area (Å²) < 4.78 is 5.23. The summed E-state index contributed by atoms with van der Waals surface area (Å²) in [6.45, 7) is 0.593. The predicted octanol–water partition coefficient (Wildman–Crippen LogP) is 2.13. The number of hydrogen-bond donors (Lipinski definition) is 1. The number of aliphatic hydroxyl groups is 1. The van der Waals surface area contributed by atoms with E-state index in [1.807, 2.05) is 18.2 Å². The first kappa shape index (κ1) is 12.0. The zero-order valence-corrected chi connectivity index (χ0v) is 8.94. The van der Waals surface area contributed by atoms with Gasteiger partial charge in [0.15, 0.2) is 0 Å². The molecule has 0 bridgehead atoms. The molecule has 0 saturated heterocycles. The number of halogens is 1. The first-order valence-electron chi connectivity index (χ1n) is 4.59. The molecule has 0 radical (unpaired) electrons. The van der Waals surface area contributed by atoms with Gasteiger partial charge in [-0.25, -0.2) is 0 Å². The van der Waals surface area contributed by atoms with Crippen LogP contribution in [0.25, 0.3) is 0 Å². The van der Waals surface area contributed by atoms with Crippen molar-refractivity contribution in [3.05, 3.63) is 34.9 Å². The van der Waals surface area contributed by atoms with Crippen molar-refractivity contribution in [2.24, 2.45) is 0 Å². The van der Waals surface area contributed by atoms with E-state index in [1.165, 1.54) is 0 Å². The molecule has 4 heteroatoms. The molecule has 0 unspecified atom stereocenters. The summed E-state index contributed by atoms with van der Waals surface area (Å²) in [6, 6.07) is 9.16. The third-order valence-electron chi connectivity index (χ3n) is 1.82. The molecule has 80 valence electrons. The SMILES string of the molecule is N#CC[C@@H](O)COCc1ccc(Cl)cc1. The zero-order chi connectivity index (χ0) is 11.1. The van der Waals surface area contributed by atoms with E-state index in [2.05, 4.69) is 0 Å². The molecule has 15 heavy (non-hydrogen) atoms. The van der Waals surface area contributed by atoms with Crippen LogP contribution in [0, 0.1) is 11.3 Å². The lowest BCUT2D eigenvalue weighted by molar-refractivity contribution is 0.0309. The van der Waals surface area contributed by atoms with Gasteiger partial charge >= 0.3 is 0 Å². The number of aliphatic hydroxyl groups excluding tert-OH is 1. The molecule has 0 aliphatic heterocycles. The van der Waals surface area contributed by atoms with Gasteiger partial charge in [0.1, 0.15) is 0 Å². The van der Waals surface area contributed by atoms with Crippen molar-refractivity contribution in [1.82, 2.24) is 0 Å². The van der Waals surface area contributed by atoms with Crippen LogP contribution in [-0.2, 0) is 11.3 Å². The molecule has 1 aromatic carbocycles. The van der Waals surface area contributed by atoms with Crippen molar-refractivity contribution in [3.63, 3.8) is 0 Å². The van der Waals surface area contributed by atoms with Gasteiger partial charge in [0, 0.05) is 5.02 Å². The average Bonchev–Trinajstić information content (AvgIpc) is 2.21. The second-order valence-electron chi connectivity index (χ2n) is 3.16. The van der Waals surface area contributed by atoms with E-state index in [-0.39, 0.29) is 13.0 Å². The van der Waals surface area contributed by atoms with Crippen molar-refractivity contribution < 1.29 is 9.84 Å². The summed E-state index contributed by atoms with van der Waals surface area (Å²) >= 11 is 5.72. The second-order valence-corrected chi connectivity index (χ2v) is 3.59.